The number of nitrogens with zero attached hydrogens (tertiary/aromatic N) is 2. The molecule has 6 N–H and O–H groups in total. The molecule has 1 fully saturated rings. The first-order chi connectivity index (χ1) is 50.2. The third kappa shape index (κ3) is 55.1. The Bertz CT molecular complexity index is 1910. The largest absolute Gasteiger partial charge is 0.466 e. The van der Waals surface area contributed by atoms with E-state index < -0.39 is 72.2 Å². The minimum absolute atomic E-state index is 0.0204. The third-order valence-electron chi connectivity index (χ3n) is 20.3. The molecule has 20 nitrogen and oxygen atoms in total. The fourth-order valence-corrected chi connectivity index (χ4v) is 15.5. The fourth-order valence-electron chi connectivity index (χ4n) is 13.9. The fraction of sp³-hybridized carbons (Fsp3) is 0.902. The van der Waals surface area contributed by atoms with Crippen molar-refractivity contribution in [3.8, 4) is 0 Å². The van der Waals surface area contributed by atoms with Crippen molar-refractivity contribution in [3.05, 3.63) is 0 Å². The quantitative estimate of drug-likeness (QED) is 0.0187. The Balaban J connectivity index is 2.96. The monoisotopic (exact) mass is 1510 g/mol. The van der Waals surface area contributed by atoms with E-state index in [1.54, 1.807) is 9.80 Å². The van der Waals surface area contributed by atoms with Crippen LogP contribution in [0.2, 0.25) is 0 Å². The Labute approximate surface area is 639 Å². The maximum absolute atomic E-state index is 13.4. The molecule has 6 atom stereocenters. The number of esters is 4. The standard InChI is InChI=1S/C82H152N4O16S2/c1-9-17-25-33-65(34-26-18-10-2)45-51-99-75(91)57-69(87)61-85(62-70(88)58-76(92)100-52-46-66(35-27-19-11-3)36-28-20-12-4)49-55-103-79(95)43-41-73-81(97)84-74(82(98)83-73)42-44-80(96)104-56-50-86(63-71(89)59-77(93)101-53-47-67(37-29-21-13-5)38-30-22-14-6)64-72(90)60-78(94)102-54-48-68(39-31-23-15-7)40-32-24-16-8/h65-74,87-90H,9-64H2,1-8H3,(H,83,98)(H,84,97). The van der Waals surface area contributed by atoms with Gasteiger partial charge < -0.3 is 50.0 Å². The average Bonchev–Trinajstić information content (AvgIpc) is 0.843. The summed E-state index contributed by atoms with van der Waals surface area (Å²) < 4.78 is 22.5. The Morgan fingerprint density at radius 3 is 0.760 bits per heavy atom. The molecule has 22 heteroatoms. The number of piperazine rings is 1. The Kier molecular flexibility index (Phi) is 63.2. The smallest absolute Gasteiger partial charge is 0.308 e. The summed E-state index contributed by atoms with van der Waals surface area (Å²) in [5.74, 6) is -0.705. The predicted octanol–water partition coefficient (Wildman–Crippen LogP) is 15.5. The molecule has 0 aromatic rings. The second-order valence-corrected chi connectivity index (χ2v) is 32.4. The van der Waals surface area contributed by atoms with Crippen LogP contribution >= 0.6 is 23.5 Å². The zero-order valence-corrected chi connectivity index (χ0v) is 68.4. The number of carbonyl (C=O) groups excluding carboxylic acids is 8. The van der Waals surface area contributed by atoms with Gasteiger partial charge in [0.2, 0.25) is 11.8 Å². The second-order valence-electron chi connectivity index (χ2n) is 30.1. The van der Waals surface area contributed by atoms with Gasteiger partial charge in [-0.2, -0.15) is 0 Å². The van der Waals surface area contributed by atoms with Crippen LogP contribution in [0.4, 0.5) is 0 Å². The van der Waals surface area contributed by atoms with Gasteiger partial charge in [-0.05, 0) is 62.2 Å². The van der Waals surface area contributed by atoms with Crippen LogP contribution < -0.4 is 10.6 Å². The van der Waals surface area contributed by atoms with Crippen molar-refractivity contribution in [3.63, 3.8) is 0 Å². The number of hydrogen-bond donors (Lipinski definition) is 6. The van der Waals surface area contributed by atoms with Crippen LogP contribution in [-0.2, 0) is 57.3 Å². The van der Waals surface area contributed by atoms with Crippen molar-refractivity contribution >= 4 is 69.4 Å². The van der Waals surface area contributed by atoms with E-state index >= 15 is 0 Å². The summed E-state index contributed by atoms with van der Waals surface area (Å²) in [6.07, 6.45) is 33.8. The molecule has 2 amide bonds. The third-order valence-corrected chi connectivity index (χ3v) is 22.1. The number of ether oxygens (including phenoxy) is 4. The second kappa shape index (κ2) is 66.6. The molecule has 0 aliphatic carbocycles. The van der Waals surface area contributed by atoms with Gasteiger partial charge in [0.15, 0.2) is 10.2 Å². The molecule has 608 valence electrons. The van der Waals surface area contributed by atoms with Gasteiger partial charge in [-0.3, -0.25) is 48.2 Å². The Hall–Kier alpha value is -3.38. The Morgan fingerprint density at radius 1 is 0.346 bits per heavy atom. The first-order valence-electron chi connectivity index (χ1n) is 41.9. The van der Waals surface area contributed by atoms with Gasteiger partial charge in [-0.25, -0.2) is 0 Å². The van der Waals surface area contributed by atoms with Gasteiger partial charge in [-0.15, -0.1) is 0 Å². The lowest BCUT2D eigenvalue weighted by Crippen LogP contribution is -2.61. The SMILES string of the molecule is CCCCCC(CCCCC)CCOC(=O)CC(O)CN(CCSC(=O)CCC1NC(=O)C(CCC(=O)SCCN(CC(O)CC(=O)OCCC(CCCCC)CCCCC)CC(O)CC(=O)OCCC(CCCCC)CCCCC)NC1=O)CC(O)CC(=O)OCCC(CCCCC)CCCCC. The maximum atomic E-state index is 13.4. The molecule has 6 unspecified atom stereocenters. The number of aliphatic hydroxyl groups is 4. The summed E-state index contributed by atoms with van der Waals surface area (Å²) in [6.45, 7) is 18.9. The lowest BCUT2D eigenvalue weighted by atomic mass is 9.92. The van der Waals surface area contributed by atoms with E-state index in [2.05, 4.69) is 66.0 Å². The first-order valence-corrected chi connectivity index (χ1v) is 43.9. The van der Waals surface area contributed by atoms with E-state index in [0.29, 0.717) is 23.7 Å². The highest BCUT2D eigenvalue weighted by atomic mass is 32.2. The van der Waals surface area contributed by atoms with Crippen LogP contribution in [0.15, 0.2) is 0 Å². The molecule has 1 heterocycles. The molecule has 0 radical (unpaired) electrons. The number of hydrogen-bond acceptors (Lipinski definition) is 20. The normalized spacial score (nSPS) is 15.2. The van der Waals surface area contributed by atoms with Crippen LogP contribution in [-0.4, -0.2) is 190 Å². The van der Waals surface area contributed by atoms with Gasteiger partial charge in [0.1, 0.15) is 12.1 Å². The van der Waals surface area contributed by atoms with Gasteiger partial charge in [0.05, 0.1) is 76.5 Å². The Morgan fingerprint density at radius 2 is 0.558 bits per heavy atom. The lowest BCUT2D eigenvalue weighted by molar-refractivity contribution is -0.148. The number of thioether (sulfide) groups is 2. The number of nitrogens with one attached hydrogen (secondary N) is 2. The van der Waals surface area contributed by atoms with E-state index in [4.69, 9.17) is 18.9 Å². The van der Waals surface area contributed by atoms with Crippen molar-refractivity contribution in [1.82, 2.24) is 20.4 Å². The number of aliphatic hydroxyl groups excluding tert-OH is 4. The van der Waals surface area contributed by atoms with Crippen molar-refractivity contribution in [1.29, 1.82) is 0 Å². The van der Waals surface area contributed by atoms with Crippen LogP contribution in [0.25, 0.3) is 0 Å². The highest BCUT2D eigenvalue weighted by Gasteiger charge is 2.34. The van der Waals surface area contributed by atoms with Gasteiger partial charge in [-0.1, -0.05) is 284 Å². The van der Waals surface area contributed by atoms with E-state index in [0.717, 1.165) is 203 Å². The molecular weight excluding hydrogens is 1360 g/mol. The summed E-state index contributed by atoms with van der Waals surface area (Å²) in [7, 11) is 0. The highest BCUT2D eigenvalue weighted by Crippen LogP contribution is 2.26. The zero-order chi connectivity index (χ0) is 76.8. The van der Waals surface area contributed by atoms with Gasteiger partial charge in [0, 0.05) is 63.6 Å². The zero-order valence-electron chi connectivity index (χ0n) is 66.8. The minimum atomic E-state index is -1.15. The summed E-state index contributed by atoms with van der Waals surface area (Å²) >= 11 is 2.00. The molecule has 0 saturated carbocycles. The molecule has 1 aliphatic heterocycles. The van der Waals surface area contributed by atoms with Crippen molar-refractivity contribution < 1.29 is 77.7 Å². The molecule has 1 rings (SSSR count). The summed E-state index contributed by atoms with van der Waals surface area (Å²) in [4.78, 5) is 109. The highest BCUT2D eigenvalue weighted by molar-refractivity contribution is 8.13. The summed E-state index contributed by atoms with van der Waals surface area (Å²) in [5, 5.41) is 49.8. The number of unbranched alkanes of at least 4 members (excludes halogenated alkanes) is 16. The van der Waals surface area contributed by atoms with E-state index in [1.165, 1.54) is 51.4 Å². The molecule has 1 saturated heterocycles. The van der Waals surface area contributed by atoms with Gasteiger partial charge in [0.25, 0.3) is 0 Å². The van der Waals surface area contributed by atoms with Gasteiger partial charge >= 0.3 is 23.9 Å². The lowest BCUT2D eigenvalue weighted by Gasteiger charge is -2.29. The minimum Gasteiger partial charge on any atom is -0.466 e. The summed E-state index contributed by atoms with van der Waals surface area (Å²) in [6, 6.07) is -1.98. The van der Waals surface area contributed by atoms with E-state index in [9.17, 15) is 58.8 Å². The molecule has 0 aromatic heterocycles. The predicted molar refractivity (Wildman–Crippen MR) is 422 cm³/mol. The van der Waals surface area contributed by atoms with Crippen LogP contribution in [0.1, 0.15) is 338 Å². The molecule has 0 spiro atoms. The summed E-state index contributed by atoms with van der Waals surface area (Å²) in [5.41, 5.74) is 0. The van der Waals surface area contributed by atoms with Crippen LogP contribution in [0.5, 0.6) is 0 Å². The van der Waals surface area contributed by atoms with E-state index in [1.807, 2.05) is 0 Å². The topological polar surface area (TPSA) is 285 Å². The first kappa shape index (κ1) is 98.6. The van der Waals surface area contributed by atoms with Crippen LogP contribution in [0, 0.1) is 23.7 Å². The maximum Gasteiger partial charge on any atom is 0.308 e. The number of rotatable bonds is 72. The number of carbonyl (C=O) groups is 8. The molecule has 1 aliphatic rings. The molecule has 0 aromatic carbocycles. The average molecular weight is 1510 g/mol. The van der Waals surface area contributed by atoms with Crippen molar-refractivity contribution in [2.45, 2.75) is 374 Å². The van der Waals surface area contributed by atoms with Crippen LogP contribution in [0.3, 0.4) is 0 Å². The van der Waals surface area contributed by atoms with Crippen molar-refractivity contribution in [2.24, 2.45) is 23.7 Å². The van der Waals surface area contributed by atoms with Crippen molar-refractivity contribution in [2.75, 3.05) is 77.2 Å². The van der Waals surface area contributed by atoms with E-state index in [-0.39, 0.29) is 139 Å². The molecule has 104 heavy (non-hydrogen) atoms. The number of amides is 2. The molecule has 0 bridgehead atoms. The molecular formula is C82H152N4O16S2.